The van der Waals surface area contributed by atoms with Crippen LogP contribution in [-0.2, 0) is 4.74 Å². The van der Waals surface area contributed by atoms with Crippen LogP contribution in [0.25, 0.3) is 10.9 Å². The van der Waals surface area contributed by atoms with Crippen LogP contribution in [0, 0.1) is 0 Å². The number of nitrogens with zero attached hydrogens (tertiary/aromatic N) is 1. The third kappa shape index (κ3) is 1.80. The number of carbonyl (C=O) groups is 1. The van der Waals surface area contributed by atoms with Gasteiger partial charge in [-0.25, -0.2) is 4.79 Å². The predicted molar refractivity (Wildman–Crippen MR) is 57.1 cm³/mol. The molecule has 1 heterocycles. The van der Waals surface area contributed by atoms with Gasteiger partial charge >= 0.3 is 5.97 Å². The molecule has 1 aromatic carbocycles. The van der Waals surface area contributed by atoms with Gasteiger partial charge in [0.2, 0.25) is 0 Å². The first-order chi connectivity index (χ1) is 7.22. The maximum Gasteiger partial charge on any atom is 0.338 e. The van der Waals surface area contributed by atoms with Crippen LogP contribution in [0.15, 0.2) is 18.3 Å². The van der Waals surface area contributed by atoms with E-state index >= 15 is 0 Å². The molecule has 0 saturated carbocycles. The third-order valence-corrected chi connectivity index (χ3v) is 2.24. The van der Waals surface area contributed by atoms with E-state index in [1.54, 1.807) is 25.3 Å². The highest BCUT2D eigenvalue weighted by Crippen LogP contribution is 2.22. The topological polar surface area (TPSA) is 55.0 Å². The number of aromatic amines is 1. The average molecular weight is 225 g/mol. The van der Waals surface area contributed by atoms with E-state index in [2.05, 4.69) is 10.2 Å². The number of carbonyl (C=O) groups excluding carboxylic acids is 1. The van der Waals surface area contributed by atoms with Crippen molar-refractivity contribution in [2.75, 3.05) is 6.61 Å². The molecule has 0 unspecified atom stereocenters. The maximum atomic E-state index is 11.6. The SMILES string of the molecule is CCOC(=O)c1cc(Cl)cc2[nH]ncc12. The lowest BCUT2D eigenvalue weighted by molar-refractivity contribution is 0.0528. The maximum absolute atomic E-state index is 11.6. The predicted octanol–water partition coefficient (Wildman–Crippen LogP) is 2.39. The van der Waals surface area contributed by atoms with Gasteiger partial charge in [-0.15, -0.1) is 0 Å². The molecule has 2 rings (SSSR count). The molecule has 0 atom stereocenters. The van der Waals surface area contributed by atoms with Crippen molar-refractivity contribution in [1.82, 2.24) is 10.2 Å². The first kappa shape index (κ1) is 9.98. The second kappa shape index (κ2) is 3.90. The van der Waals surface area contributed by atoms with Gasteiger partial charge < -0.3 is 4.74 Å². The van der Waals surface area contributed by atoms with Crippen molar-refractivity contribution in [1.29, 1.82) is 0 Å². The molecular formula is C10H9ClN2O2. The number of aromatic nitrogens is 2. The van der Waals surface area contributed by atoms with Gasteiger partial charge in [-0.3, -0.25) is 5.10 Å². The van der Waals surface area contributed by atoms with Crippen LogP contribution in [0.4, 0.5) is 0 Å². The van der Waals surface area contributed by atoms with E-state index in [1.165, 1.54) is 0 Å². The first-order valence-corrected chi connectivity index (χ1v) is 4.90. The number of rotatable bonds is 2. The number of esters is 1. The van der Waals surface area contributed by atoms with E-state index in [1.807, 2.05) is 0 Å². The van der Waals surface area contributed by atoms with E-state index in [9.17, 15) is 4.79 Å². The molecule has 1 N–H and O–H groups in total. The minimum Gasteiger partial charge on any atom is -0.462 e. The Kier molecular flexibility index (Phi) is 2.60. The van der Waals surface area contributed by atoms with Gasteiger partial charge in [-0.1, -0.05) is 11.6 Å². The molecule has 0 amide bonds. The Hall–Kier alpha value is -1.55. The van der Waals surface area contributed by atoms with Crippen LogP contribution in [0.2, 0.25) is 5.02 Å². The normalized spacial score (nSPS) is 10.5. The summed E-state index contributed by atoms with van der Waals surface area (Å²) >= 11 is 5.87. The zero-order chi connectivity index (χ0) is 10.8. The third-order valence-electron chi connectivity index (χ3n) is 2.02. The molecule has 15 heavy (non-hydrogen) atoms. The molecule has 0 spiro atoms. The van der Waals surface area contributed by atoms with Crippen LogP contribution in [0.3, 0.4) is 0 Å². The summed E-state index contributed by atoms with van der Waals surface area (Å²) in [6.07, 6.45) is 1.58. The Balaban J connectivity index is 2.57. The van der Waals surface area contributed by atoms with Crippen LogP contribution >= 0.6 is 11.6 Å². The van der Waals surface area contributed by atoms with E-state index in [-0.39, 0.29) is 5.97 Å². The fraction of sp³-hybridized carbons (Fsp3) is 0.200. The average Bonchev–Trinajstić information content (AvgIpc) is 2.64. The summed E-state index contributed by atoms with van der Waals surface area (Å²) in [4.78, 5) is 11.6. The monoisotopic (exact) mass is 224 g/mol. The summed E-state index contributed by atoms with van der Waals surface area (Å²) < 4.78 is 4.92. The number of H-pyrrole nitrogens is 1. The molecule has 4 nitrogen and oxygen atoms in total. The highest BCUT2D eigenvalue weighted by atomic mass is 35.5. The van der Waals surface area contributed by atoms with Gasteiger partial charge in [-0.05, 0) is 19.1 Å². The minimum absolute atomic E-state index is 0.338. The summed E-state index contributed by atoms with van der Waals surface area (Å²) in [5.74, 6) is -0.383. The van der Waals surface area contributed by atoms with Crippen molar-refractivity contribution < 1.29 is 9.53 Å². The van der Waals surface area contributed by atoms with E-state index in [0.717, 1.165) is 10.9 Å². The van der Waals surface area contributed by atoms with E-state index < -0.39 is 0 Å². The smallest absolute Gasteiger partial charge is 0.338 e. The molecule has 5 heteroatoms. The van der Waals surface area contributed by atoms with Crippen molar-refractivity contribution in [3.63, 3.8) is 0 Å². The van der Waals surface area contributed by atoms with Crippen LogP contribution in [0.5, 0.6) is 0 Å². The number of ether oxygens (including phenoxy) is 1. The highest BCUT2D eigenvalue weighted by Gasteiger charge is 2.13. The molecule has 0 aliphatic rings. The summed E-state index contributed by atoms with van der Waals surface area (Å²) in [6, 6.07) is 3.30. The number of nitrogens with one attached hydrogen (secondary N) is 1. The largest absolute Gasteiger partial charge is 0.462 e. The van der Waals surface area contributed by atoms with Crippen molar-refractivity contribution in [3.05, 3.63) is 28.9 Å². The van der Waals surface area contributed by atoms with Crippen molar-refractivity contribution in [2.45, 2.75) is 6.92 Å². The molecule has 0 bridgehead atoms. The fourth-order valence-corrected chi connectivity index (χ4v) is 1.61. The Labute approximate surface area is 91.2 Å². The number of benzene rings is 1. The van der Waals surface area contributed by atoms with Gasteiger partial charge in [0.1, 0.15) is 0 Å². The van der Waals surface area contributed by atoms with Gasteiger partial charge in [0, 0.05) is 10.4 Å². The summed E-state index contributed by atoms with van der Waals surface area (Å²) in [5.41, 5.74) is 1.17. The highest BCUT2D eigenvalue weighted by molar-refractivity contribution is 6.32. The van der Waals surface area contributed by atoms with Crippen LogP contribution in [0.1, 0.15) is 17.3 Å². The number of hydrogen-bond donors (Lipinski definition) is 1. The quantitative estimate of drug-likeness (QED) is 0.797. The summed E-state index contributed by atoms with van der Waals surface area (Å²) in [5, 5.41) is 7.81. The second-order valence-electron chi connectivity index (χ2n) is 3.01. The molecular weight excluding hydrogens is 216 g/mol. The van der Waals surface area contributed by atoms with Crippen LogP contribution in [-0.4, -0.2) is 22.8 Å². The zero-order valence-corrected chi connectivity index (χ0v) is 8.84. The van der Waals surface area contributed by atoms with Gasteiger partial charge in [0.15, 0.2) is 0 Å². The van der Waals surface area contributed by atoms with Crippen molar-refractivity contribution in [3.8, 4) is 0 Å². The molecule has 78 valence electrons. The first-order valence-electron chi connectivity index (χ1n) is 4.52. The lowest BCUT2D eigenvalue weighted by Gasteiger charge is -2.03. The van der Waals surface area contributed by atoms with Gasteiger partial charge in [0.25, 0.3) is 0 Å². The standard InChI is InChI=1S/C10H9ClN2O2/c1-2-15-10(14)7-3-6(11)4-9-8(7)5-12-13-9/h3-5H,2H2,1H3,(H,12,13). The fourth-order valence-electron chi connectivity index (χ4n) is 1.39. The Morgan fingerprint density at radius 1 is 1.60 bits per heavy atom. The lowest BCUT2D eigenvalue weighted by Crippen LogP contribution is -2.04. The number of halogens is 1. The zero-order valence-electron chi connectivity index (χ0n) is 8.08. The van der Waals surface area contributed by atoms with Crippen molar-refractivity contribution >= 4 is 28.5 Å². The van der Waals surface area contributed by atoms with E-state index in [0.29, 0.717) is 17.2 Å². The molecule has 2 aromatic rings. The Morgan fingerprint density at radius 2 is 2.40 bits per heavy atom. The Morgan fingerprint density at radius 3 is 3.13 bits per heavy atom. The molecule has 0 saturated heterocycles. The molecule has 0 radical (unpaired) electrons. The summed E-state index contributed by atoms with van der Waals surface area (Å²) in [7, 11) is 0. The summed E-state index contributed by atoms with van der Waals surface area (Å²) in [6.45, 7) is 2.10. The Bertz CT molecular complexity index is 507. The van der Waals surface area contributed by atoms with Crippen LogP contribution < -0.4 is 0 Å². The second-order valence-corrected chi connectivity index (χ2v) is 3.44. The lowest BCUT2D eigenvalue weighted by atomic mass is 10.1. The molecule has 1 aromatic heterocycles. The molecule has 0 fully saturated rings. The van der Waals surface area contributed by atoms with Gasteiger partial charge in [-0.2, -0.15) is 5.10 Å². The van der Waals surface area contributed by atoms with E-state index in [4.69, 9.17) is 16.3 Å². The molecule has 0 aliphatic heterocycles. The minimum atomic E-state index is -0.383. The number of fused-ring (bicyclic) bond motifs is 1. The van der Waals surface area contributed by atoms with Gasteiger partial charge in [0.05, 0.1) is 23.9 Å². The number of hydrogen-bond acceptors (Lipinski definition) is 3. The molecule has 0 aliphatic carbocycles. The van der Waals surface area contributed by atoms with Crippen molar-refractivity contribution in [2.24, 2.45) is 0 Å².